The van der Waals surface area contributed by atoms with Crippen molar-refractivity contribution in [2.45, 2.75) is 26.7 Å². The molecule has 0 unspecified atom stereocenters. The molecule has 0 saturated carbocycles. The first-order valence-electron chi connectivity index (χ1n) is 6.50. The Hall–Kier alpha value is -1.85. The first-order chi connectivity index (χ1) is 9.67. The van der Waals surface area contributed by atoms with E-state index in [1.54, 1.807) is 0 Å². The van der Waals surface area contributed by atoms with Gasteiger partial charge in [-0.15, -0.1) is 0 Å². The van der Waals surface area contributed by atoms with Gasteiger partial charge in [0.1, 0.15) is 18.0 Å². The maximum absolute atomic E-state index is 6.24. The van der Waals surface area contributed by atoms with Gasteiger partial charge in [0.05, 0.1) is 10.7 Å². The number of hydrazine groups is 1. The molecule has 1 aromatic heterocycles. The number of benzene rings is 1. The van der Waals surface area contributed by atoms with Gasteiger partial charge in [0.2, 0.25) is 0 Å². The lowest BCUT2D eigenvalue weighted by Gasteiger charge is -2.15. The number of nitrogens with zero attached hydrogens (tertiary/aromatic N) is 2. The van der Waals surface area contributed by atoms with Crippen LogP contribution in [0.15, 0.2) is 24.5 Å². The van der Waals surface area contributed by atoms with E-state index >= 15 is 0 Å². The van der Waals surface area contributed by atoms with Gasteiger partial charge in [0.15, 0.2) is 0 Å². The molecular weight excluding hydrogens is 274 g/mol. The van der Waals surface area contributed by atoms with Crippen molar-refractivity contribution in [3.8, 4) is 0 Å². The summed E-state index contributed by atoms with van der Waals surface area (Å²) in [6.07, 6.45) is 3.27. The summed E-state index contributed by atoms with van der Waals surface area (Å²) >= 11 is 6.24. The Morgan fingerprint density at radius 3 is 2.65 bits per heavy atom. The first kappa shape index (κ1) is 14.6. The molecule has 0 aliphatic carbocycles. The van der Waals surface area contributed by atoms with E-state index in [4.69, 9.17) is 17.4 Å². The Morgan fingerprint density at radius 1 is 1.25 bits per heavy atom. The van der Waals surface area contributed by atoms with Crippen molar-refractivity contribution in [1.29, 1.82) is 0 Å². The number of nitrogens with one attached hydrogen (secondary N) is 2. The van der Waals surface area contributed by atoms with Crippen LogP contribution >= 0.6 is 11.6 Å². The highest BCUT2D eigenvalue weighted by Gasteiger charge is 2.12. The number of rotatable bonds is 5. The minimum absolute atomic E-state index is 0.633. The third kappa shape index (κ3) is 3.00. The maximum Gasteiger partial charge on any atom is 0.148 e. The number of aromatic nitrogens is 2. The SMILES string of the molecule is CCCc1c(NN)ncnc1Nc1c(C)cccc1Cl. The van der Waals surface area contributed by atoms with Gasteiger partial charge in [-0.3, -0.25) is 0 Å². The summed E-state index contributed by atoms with van der Waals surface area (Å²) in [6, 6.07) is 5.76. The molecule has 0 aliphatic rings. The number of para-hydroxylation sites is 1. The van der Waals surface area contributed by atoms with Gasteiger partial charge in [-0.05, 0) is 25.0 Å². The number of nitrogen functional groups attached to an aromatic ring is 1. The van der Waals surface area contributed by atoms with E-state index in [0.717, 1.165) is 35.5 Å². The molecule has 0 saturated heterocycles. The van der Waals surface area contributed by atoms with Crippen LogP contribution in [-0.4, -0.2) is 9.97 Å². The van der Waals surface area contributed by atoms with Crippen molar-refractivity contribution >= 4 is 28.9 Å². The van der Waals surface area contributed by atoms with Crippen LogP contribution in [-0.2, 0) is 6.42 Å². The molecule has 0 spiro atoms. The van der Waals surface area contributed by atoms with E-state index in [1.807, 2.05) is 25.1 Å². The molecule has 1 aromatic carbocycles. The quantitative estimate of drug-likeness (QED) is 0.581. The molecule has 2 rings (SSSR count). The maximum atomic E-state index is 6.24. The molecule has 0 aliphatic heterocycles. The van der Waals surface area contributed by atoms with Gasteiger partial charge in [-0.1, -0.05) is 37.1 Å². The van der Waals surface area contributed by atoms with Crippen LogP contribution in [0, 0.1) is 6.92 Å². The van der Waals surface area contributed by atoms with E-state index in [9.17, 15) is 0 Å². The third-order valence-corrected chi connectivity index (χ3v) is 3.36. The van der Waals surface area contributed by atoms with E-state index < -0.39 is 0 Å². The molecule has 106 valence electrons. The normalized spacial score (nSPS) is 10.4. The van der Waals surface area contributed by atoms with Crippen LogP contribution in [0.25, 0.3) is 0 Å². The molecule has 4 N–H and O–H groups in total. The lowest BCUT2D eigenvalue weighted by Crippen LogP contribution is -2.13. The van der Waals surface area contributed by atoms with E-state index in [2.05, 4.69) is 27.6 Å². The fourth-order valence-electron chi connectivity index (χ4n) is 2.04. The van der Waals surface area contributed by atoms with Crippen molar-refractivity contribution < 1.29 is 0 Å². The Balaban J connectivity index is 2.43. The lowest BCUT2D eigenvalue weighted by molar-refractivity contribution is 0.903. The number of halogens is 1. The number of hydrogen-bond donors (Lipinski definition) is 3. The van der Waals surface area contributed by atoms with Crippen molar-refractivity contribution in [2.24, 2.45) is 5.84 Å². The molecule has 0 amide bonds. The Morgan fingerprint density at radius 2 is 2.00 bits per heavy atom. The summed E-state index contributed by atoms with van der Waals surface area (Å²) in [5.74, 6) is 6.87. The van der Waals surface area contributed by atoms with Crippen LogP contribution in [0.5, 0.6) is 0 Å². The minimum Gasteiger partial charge on any atom is -0.338 e. The molecule has 1 heterocycles. The number of anilines is 3. The van der Waals surface area contributed by atoms with Gasteiger partial charge < -0.3 is 10.7 Å². The zero-order valence-corrected chi connectivity index (χ0v) is 12.3. The van der Waals surface area contributed by atoms with Gasteiger partial charge in [-0.2, -0.15) is 0 Å². The van der Waals surface area contributed by atoms with Crippen LogP contribution in [0.3, 0.4) is 0 Å². The van der Waals surface area contributed by atoms with Crippen molar-refractivity contribution in [3.63, 3.8) is 0 Å². The summed E-state index contributed by atoms with van der Waals surface area (Å²) < 4.78 is 0. The second-order valence-corrected chi connectivity index (χ2v) is 4.91. The van der Waals surface area contributed by atoms with Gasteiger partial charge in [-0.25, -0.2) is 15.8 Å². The zero-order chi connectivity index (χ0) is 14.5. The third-order valence-electron chi connectivity index (χ3n) is 3.05. The fourth-order valence-corrected chi connectivity index (χ4v) is 2.31. The summed E-state index contributed by atoms with van der Waals surface area (Å²) in [6.45, 7) is 4.09. The summed E-state index contributed by atoms with van der Waals surface area (Å²) in [4.78, 5) is 8.45. The van der Waals surface area contributed by atoms with Crippen LogP contribution in [0.1, 0.15) is 24.5 Å². The van der Waals surface area contributed by atoms with Gasteiger partial charge in [0.25, 0.3) is 0 Å². The highest BCUT2D eigenvalue weighted by Crippen LogP contribution is 2.30. The predicted molar refractivity (Wildman–Crippen MR) is 83.3 cm³/mol. The summed E-state index contributed by atoms with van der Waals surface area (Å²) in [5, 5.41) is 3.95. The van der Waals surface area contributed by atoms with E-state index in [-0.39, 0.29) is 0 Å². The van der Waals surface area contributed by atoms with E-state index in [0.29, 0.717) is 10.8 Å². The molecule has 0 fully saturated rings. The number of hydrogen-bond acceptors (Lipinski definition) is 5. The first-order valence-corrected chi connectivity index (χ1v) is 6.87. The molecule has 0 radical (unpaired) electrons. The van der Waals surface area contributed by atoms with Gasteiger partial charge >= 0.3 is 0 Å². The van der Waals surface area contributed by atoms with E-state index in [1.165, 1.54) is 6.33 Å². The fraction of sp³-hybridized carbons (Fsp3) is 0.286. The Kier molecular flexibility index (Phi) is 4.76. The Bertz CT molecular complexity index is 580. The zero-order valence-electron chi connectivity index (χ0n) is 11.6. The Labute approximate surface area is 123 Å². The molecular formula is C14H18ClN5. The van der Waals surface area contributed by atoms with Crippen LogP contribution in [0.2, 0.25) is 5.02 Å². The van der Waals surface area contributed by atoms with Gasteiger partial charge in [0, 0.05) is 5.56 Å². The minimum atomic E-state index is 0.633. The smallest absolute Gasteiger partial charge is 0.148 e. The monoisotopic (exact) mass is 291 g/mol. The highest BCUT2D eigenvalue weighted by atomic mass is 35.5. The summed E-state index contributed by atoms with van der Waals surface area (Å²) in [5.41, 5.74) is 5.48. The lowest BCUT2D eigenvalue weighted by atomic mass is 10.1. The van der Waals surface area contributed by atoms with Crippen LogP contribution in [0.4, 0.5) is 17.3 Å². The second-order valence-electron chi connectivity index (χ2n) is 4.50. The number of nitrogens with two attached hydrogens (primary N) is 1. The molecule has 0 bridgehead atoms. The molecule has 5 nitrogen and oxygen atoms in total. The molecule has 6 heteroatoms. The van der Waals surface area contributed by atoms with Crippen molar-refractivity contribution in [2.75, 3.05) is 10.7 Å². The molecule has 20 heavy (non-hydrogen) atoms. The van der Waals surface area contributed by atoms with Crippen LogP contribution < -0.4 is 16.6 Å². The predicted octanol–water partition coefficient (Wildman–Crippen LogP) is 3.42. The average Bonchev–Trinajstić information content (AvgIpc) is 2.44. The van der Waals surface area contributed by atoms with Crippen molar-refractivity contribution in [3.05, 3.63) is 40.7 Å². The largest absolute Gasteiger partial charge is 0.338 e. The average molecular weight is 292 g/mol. The number of aryl methyl sites for hydroxylation is 1. The second kappa shape index (κ2) is 6.54. The highest BCUT2D eigenvalue weighted by molar-refractivity contribution is 6.33. The standard InChI is InChI=1S/C14H18ClN5/c1-3-5-10-13(17-8-18-14(10)20-16)19-12-9(2)6-4-7-11(12)15/h4,6-8H,3,5,16H2,1-2H3,(H2,17,18,19,20). The summed E-state index contributed by atoms with van der Waals surface area (Å²) in [7, 11) is 0. The van der Waals surface area contributed by atoms with Crippen molar-refractivity contribution in [1.82, 2.24) is 9.97 Å². The topological polar surface area (TPSA) is 75.9 Å². The molecule has 0 atom stereocenters. The molecule has 2 aromatic rings.